The predicted molar refractivity (Wildman–Crippen MR) is 67.6 cm³/mol. The number of hydrogen-bond donors (Lipinski definition) is 1. The average Bonchev–Trinajstić information content (AvgIpc) is 2.89. The maximum atomic E-state index is 12.0. The molecule has 1 aromatic rings. The second kappa shape index (κ2) is 5.82. The molecule has 0 spiro atoms. The number of carbonyl (C=O) groups is 1. The molecular formula is C14H19NO2. The van der Waals surface area contributed by atoms with Crippen LogP contribution in [-0.2, 0) is 0 Å². The summed E-state index contributed by atoms with van der Waals surface area (Å²) in [5.74, 6) is 0.868. The molecular weight excluding hydrogens is 214 g/mol. The van der Waals surface area contributed by atoms with Gasteiger partial charge in [0.05, 0.1) is 13.7 Å². The molecule has 0 aromatic heterocycles. The van der Waals surface area contributed by atoms with E-state index in [-0.39, 0.29) is 5.78 Å². The van der Waals surface area contributed by atoms with Gasteiger partial charge in [-0.1, -0.05) is 25.0 Å². The summed E-state index contributed by atoms with van der Waals surface area (Å²) in [4.78, 5) is 12.0. The molecule has 3 heteroatoms. The third-order valence-corrected chi connectivity index (χ3v) is 3.30. The van der Waals surface area contributed by atoms with E-state index in [0.717, 1.165) is 11.3 Å². The average molecular weight is 233 g/mol. The molecule has 2 rings (SSSR count). The molecule has 0 amide bonds. The Labute approximate surface area is 102 Å². The molecule has 1 aliphatic rings. The van der Waals surface area contributed by atoms with Gasteiger partial charge in [0.15, 0.2) is 5.78 Å². The van der Waals surface area contributed by atoms with E-state index in [9.17, 15) is 4.79 Å². The molecule has 0 heterocycles. The van der Waals surface area contributed by atoms with E-state index in [4.69, 9.17) is 4.74 Å². The molecule has 0 atom stereocenters. The van der Waals surface area contributed by atoms with Gasteiger partial charge in [-0.15, -0.1) is 0 Å². The van der Waals surface area contributed by atoms with Crippen molar-refractivity contribution < 1.29 is 9.53 Å². The van der Waals surface area contributed by atoms with Crippen molar-refractivity contribution in [1.82, 2.24) is 5.32 Å². The fourth-order valence-electron chi connectivity index (χ4n) is 2.27. The van der Waals surface area contributed by atoms with Gasteiger partial charge >= 0.3 is 0 Å². The van der Waals surface area contributed by atoms with Crippen molar-refractivity contribution in [3.63, 3.8) is 0 Å². The first-order valence-corrected chi connectivity index (χ1v) is 6.20. The number of nitrogens with one attached hydrogen (secondary N) is 1. The van der Waals surface area contributed by atoms with E-state index in [1.54, 1.807) is 13.2 Å². The van der Waals surface area contributed by atoms with Crippen LogP contribution in [0, 0.1) is 0 Å². The first-order chi connectivity index (χ1) is 8.29. The zero-order valence-corrected chi connectivity index (χ0v) is 10.2. The molecule has 0 saturated heterocycles. The van der Waals surface area contributed by atoms with Crippen molar-refractivity contribution in [2.45, 2.75) is 31.7 Å². The topological polar surface area (TPSA) is 38.3 Å². The molecule has 3 nitrogen and oxygen atoms in total. The molecule has 0 bridgehead atoms. The molecule has 1 N–H and O–H groups in total. The van der Waals surface area contributed by atoms with E-state index >= 15 is 0 Å². The normalized spacial score (nSPS) is 16.1. The Hall–Kier alpha value is -1.35. The first-order valence-electron chi connectivity index (χ1n) is 6.20. The van der Waals surface area contributed by atoms with Crippen molar-refractivity contribution in [3.8, 4) is 5.75 Å². The smallest absolute Gasteiger partial charge is 0.176 e. The van der Waals surface area contributed by atoms with Crippen LogP contribution in [0.2, 0.25) is 0 Å². The van der Waals surface area contributed by atoms with Crippen LogP contribution in [-0.4, -0.2) is 25.5 Å². The quantitative estimate of drug-likeness (QED) is 0.794. The Morgan fingerprint density at radius 2 is 2.18 bits per heavy atom. The Morgan fingerprint density at radius 1 is 1.41 bits per heavy atom. The summed E-state index contributed by atoms with van der Waals surface area (Å²) in [6.07, 6.45) is 4.97. The number of carbonyl (C=O) groups excluding carboxylic acids is 1. The second-order valence-corrected chi connectivity index (χ2v) is 4.52. The van der Waals surface area contributed by atoms with Crippen molar-refractivity contribution in [1.29, 1.82) is 0 Å². The number of benzene rings is 1. The minimum absolute atomic E-state index is 0.135. The van der Waals surface area contributed by atoms with E-state index in [1.165, 1.54) is 25.7 Å². The van der Waals surface area contributed by atoms with Crippen molar-refractivity contribution in [2.24, 2.45) is 0 Å². The highest BCUT2D eigenvalue weighted by Crippen LogP contribution is 2.18. The largest absolute Gasteiger partial charge is 0.497 e. The first kappa shape index (κ1) is 12.1. The van der Waals surface area contributed by atoms with Gasteiger partial charge in [-0.2, -0.15) is 0 Å². The standard InChI is InChI=1S/C14H19NO2/c1-17-13-8-4-5-11(9-13)14(16)10-15-12-6-2-3-7-12/h4-5,8-9,12,15H,2-3,6-7,10H2,1H3. The van der Waals surface area contributed by atoms with Crippen molar-refractivity contribution in [2.75, 3.05) is 13.7 Å². The summed E-state index contributed by atoms with van der Waals surface area (Å²) in [7, 11) is 1.61. The summed E-state index contributed by atoms with van der Waals surface area (Å²) in [5.41, 5.74) is 0.717. The van der Waals surface area contributed by atoms with Gasteiger partial charge in [0.1, 0.15) is 5.75 Å². The van der Waals surface area contributed by atoms with Crippen molar-refractivity contribution in [3.05, 3.63) is 29.8 Å². The van der Waals surface area contributed by atoms with Gasteiger partial charge in [-0.3, -0.25) is 4.79 Å². The number of ketones is 1. The molecule has 1 saturated carbocycles. The lowest BCUT2D eigenvalue weighted by atomic mass is 10.1. The van der Waals surface area contributed by atoms with Gasteiger partial charge in [0, 0.05) is 11.6 Å². The fourth-order valence-corrected chi connectivity index (χ4v) is 2.27. The third kappa shape index (κ3) is 3.30. The predicted octanol–water partition coefficient (Wildman–Crippen LogP) is 2.41. The summed E-state index contributed by atoms with van der Waals surface area (Å²) in [5, 5.41) is 3.33. The Bertz CT molecular complexity index is 384. The molecule has 17 heavy (non-hydrogen) atoms. The van der Waals surface area contributed by atoms with Gasteiger partial charge in [0.25, 0.3) is 0 Å². The van der Waals surface area contributed by atoms with Crippen LogP contribution in [0.4, 0.5) is 0 Å². The highest BCUT2D eigenvalue weighted by atomic mass is 16.5. The van der Waals surface area contributed by atoms with E-state index in [1.807, 2.05) is 18.2 Å². The summed E-state index contributed by atoms with van der Waals surface area (Å²) in [6.45, 7) is 0.428. The highest BCUT2D eigenvalue weighted by Gasteiger charge is 2.15. The Balaban J connectivity index is 1.89. The summed E-state index contributed by atoms with van der Waals surface area (Å²) in [6, 6.07) is 7.85. The summed E-state index contributed by atoms with van der Waals surface area (Å²) < 4.78 is 5.11. The highest BCUT2D eigenvalue weighted by molar-refractivity contribution is 5.97. The molecule has 92 valence electrons. The Kier molecular flexibility index (Phi) is 4.15. The maximum Gasteiger partial charge on any atom is 0.176 e. The molecule has 1 fully saturated rings. The van der Waals surface area contributed by atoms with Crippen LogP contribution in [0.15, 0.2) is 24.3 Å². The van der Waals surface area contributed by atoms with Gasteiger partial charge in [-0.25, -0.2) is 0 Å². The number of ether oxygens (including phenoxy) is 1. The minimum Gasteiger partial charge on any atom is -0.497 e. The zero-order chi connectivity index (χ0) is 12.1. The zero-order valence-electron chi connectivity index (χ0n) is 10.2. The molecule has 1 aromatic carbocycles. The van der Waals surface area contributed by atoms with E-state index in [0.29, 0.717) is 12.6 Å². The van der Waals surface area contributed by atoms with Crippen LogP contribution in [0.1, 0.15) is 36.0 Å². The fraction of sp³-hybridized carbons (Fsp3) is 0.500. The molecule has 0 radical (unpaired) electrons. The lowest BCUT2D eigenvalue weighted by Crippen LogP contribution is -2.31. The molecule has 0 aliphatic heterocycles. The van der Waals surface area contributed by atoms with Gasteiger partial charge in [-0.05, 0) is 25.0 Å². The van der Waals surface area contributed by atoms with E-state index < -0.39 is 0 Å². The summed E-state index contributed by atoms with van der Waals surface area (Å²) >= 11 is 0. The lowest BCUT2D eigenvalue weighted by molar-refractivity contribution is 0.0987. The maximum absolute atomic E-state index is 12.0. The van der Waals surface area contributed by atoms with Crippen LogP contribution < -0.4 is 10.1 Å². The van der Waals surface area contributed by atoms with Crippen LogP contribution in [0.3, 0.4) is 0 Å². The number of methoxy groups -OCH3 is 1. The van der Waals surface area contributed by atoms with Crippen LogP contribution in [0.25, 0.3) is 0 Å². The third-order valence-electron chi connectivity index (χ3n) is 3.30. The monoisotopic (exact) mass is 233 g/mol. The van der Waals surface area contributed by atoms with E-state index in [2.05, 4.69) is 5.32 Å². The van der Waals surface area contributed by atoms with Gasteiger partial charge in [0.2, 0.25) is 0 Å². The second-order valence-electron chi connectivity index (χ2n) is 4.52. The SMILES string of the molecule is COc1cccc(C(=O)CNC2CCCC2)c1. The Morgan fingerprint density at radius 3 is 2.88 bits per heavy atom. The molecule has 0 unspecified atom stereocenters. The van der Waals surface area contributed by atoms with Gasteiger partial charge < -0.3 is 10.1 Å². The molecule has 1 aliphatic carbocycles. The van der Waals surface area contributed by atoms with Crippen molar-refractivity contribution >= 4 is 5.78 Å². The lowest BCUT2D eigenvalue weighted by Gasteiger charge is -2.11. The van der Waals surface area contributed by atoms with Crippen LogP contribution >= 0.6 is 0 Å². The number of Topliss-reactive ketones (excluding diaryl/α,β-unsaturated/α-hetero) is 1. The number of hydrogen-bond acceptors (Lipinski definition) is 3. The van der Waals surface area contributed by atoms with Crippen LogP contribution in [0.5, 0.6) is 5.75 Å². The minimum atomic E-state index is 0.135. The number of rotatable bonds is 5.